The van der Waals surface area contributed by atoms with Gasteiger partial charge in [-0.15, -0.1) is 0 Å². The first kappa shape index (κ1) is 14.3. The van der Waals surface area contributed by atoms with Gasteiger partial charge >= 0.3 is 0 Å². The fourth-order valence-corrected chi connectivity index (χ4v) is 2.10. The summed E-state index contributed by atoms with van der Waals surface area (Å²) in [5.74, 6) is 0.597. The van der Waals surface area contributed by atoms with E-state index in [1.807, 2.05) is 25.1 Å². The number of rotatable bonds is 5. The van der Waals surface area contributed by atoms with Gasteiger partial charge in [0, 0.05) is 13.1 Å². The van der Waals surface area contributed by atoms with Gasteiger partial charge in [-0.25, -0.2) is 0 Å². The predicted molar refractivity (Wildman–Crippen MR) is 78.2 cm³/mol. The SMILES string of the molecule is CCN(Cc1ccccc1C)C(=O)c1coc(CN)c1. The Balaban J connectivity index is 2.15. The van der Waals surface area contributed by atoms with E-state index in [4.69, 9.17) is 10.2 Å². The van der Waals surface area contributed by atoms with Crippen LogP contribution in [0, 0.1) is 6.92 Å². The summed E-state index contributed by atoms with van der Waals surface area (Å²) in [6.45, 7) is 5.58. The van der Waals surface area contributed by atoms with Crippen LogP contribution in [0.5, 0.6) is 0 Å². The molecule has 0 atom stereocenters. The van der Waals surface area contributed by atoms with E-state index in [0.29, 0.717) is 31.0 Å². The quantitative estimate of drug-likeness (QED) is 0.910. The van der Waals surface area contributed by atoms with Crippen LogP contribution in [0.15, 0.2) is 41.0 Å². The maximum Gasteiger partial charge on any atom is 0.257 e. The van der Waals surface area contributed by atoms with Gasteiger partial charge in [-0.2, -0.15) is 0 Å². The first-order chi connectivity index (χ1) is 9.65. The molecule has 0 fully saturated rings. The largest absolute Gasteiger partial charge is 0.467 e. The molecule has 106 valence electrons. The Bertz CT molecular complexity index is 590. The van der Waals surface area contributed by atoms with Crippen molar-refractivity contribution in [3.05, 3.63) is 59.0 Å². The zero-order valence-electron chi connectivity index (χ0n) is 11.9. The highest BCUT2D eigenvalue weighted by Crippen LogP contribution is 2.15. The molecule has 20 heavy (non-hydrogen) atoms. The Labute approximate surface area is 119 Å². The normalized spacial score (nSPS) is 10.6. The van der Waals surface area contributed by atoms with Gasteiger partial charge in [0.1, 0.15) is 12.0 Å². The Kier molecular flexibility index (Phi) is 4.58. The molecule has 0 saturated carbocycles. The number of hydrogen-bond donors (Lipinski definition) is 1. The number of nitrogens with zero attached hydrogens (tertiary/aromatic N) is 1. The number of nitrogens with two attached hydrogens (primary N) is 1. The van der Waals surface area contributed by atoms with Crippen LogP contribution in [-0.4, -0.2) is 17.4 Å². The lowest BCUT2D eigenvalue weighted by Gasteiger charge is -2.21. The zero-order chi connectivity index (χ0) is 14.5. The van der Waals surface area contributed by atoms with E-state index in [2.05, 4.69) is 13.0 Å². The Morgan fingerprint density at radius 2 is 2.10 bits per heavy atom. The third-order valence-corrected chi connectivity index (χ3v) is 3.39. The Morgan fingerprint density at radius 3 is 2.70 bits per heavy atom. The number of carbonyl (C=O) groups is 1. The van der Waals surface area contributed by atoms with E-state index in [0.717, 1.165) is 5.56 Å². The second-order valence-corrected chi connectivity index (χ2v) is 4.75. The highest BCUT2D eigenvalue weighted by molar-refractivity contribution is 5.94. The van der Waals surface area contributed by atoms with Crippen LogP contribution in [0.1, 0.15) is 34.2 Å². The molecule has 0 radical (unpaired) electrons. The van der Waals surface area contributed by atoms with Gasteiger partial charge in [-0.1, -0.05) is 24.3 Å². The van der Waals surface area contributed by atoms with Crippen molar-refractivity contribution >= 4 is 5.91 Å². The molecule has 1 amide bonds. The molecule has 2 aromatic rings. The molecule has 2 rings (SSSR count). The summed E-state index contributed by atoms with van der Waals surface area (Å²) in [7, 11) is 0. The van der Waals surface area contributed by atoms with Gasteiger partial charge < -0.3 is 15.1 Å². The molecule has 4 nitrogen and oxygen atoms in total. The predicted octanol–water partition coefficient (Wildman–Crippen LogP) is 2.71. The van der Waals surface area contributed by atoms with E-state index >= 15 is 0 Å². The van der Waals surface area contributed by atoms with Gasteiger partial charge in [0.2, 0.25) is 0 Å². The Hall–Kier alpha value is -2.07. The van der Waals surface area contributed by atoms with Crippen LogP contribution < -0.4 is 5.73 Å². The van der Waals surface area contributed by atoms with Crippen molar-refractivity contribution in [2.24, 2.45) is 5.73 Å². The van der Waals surface area contributed by atoms with Crippen LogP contribution in [0.3, 0.4) is 0 Å². The van der Waals surface area contributed by atoms with Crippen LogP contribution in [0.2, 0.25) is 0 Å². The molecule has 0 aliphatic heterocycles. The molecule has 2 N–H and O–H groups in total. The summed E-state index contributed by atoms with van der Waals surface area (Å²) in [6.07, 6.45) is 1.48. The molecule has 0 unspecified atom stereocenters. The second-order valence-electron chi connectivity index (χ2n) is 4.75. The minimum atomic E-state index is -0.0285. The fourth-order valence-electron chi connectivity index (χ4n) is 2.10. The fraction of sp³-hybridized carbons (Fsp3) is 0.312. The molecule has 0 spiro atoms. The van der Waals surface area contributed by atoms with Crippen LogP contribution in [-0.2, 0) is 13.1 Å². The van der Waals surface area contributed by atoms with E-state index < -0.39 is 0 Å². The monoisotopic (exact) mass is 272 g/mol. The number of aryl methyl sites for hydroxylation is 1. The third kappa shape index (κ3) is 3.08. The van der Waals surface area contributed by atoms with Crippen molar-refractivity contribution in [3.63, 3.8) is 0 Å². The van der Waals surface area contributed by atoms with Gasteiger partial charge in [0.05, 0.1) is 12.1 Å². The molecular formula is C16H20N2O2. The van der Waals surface area contributed by atoms with Crippen LogP contribution in [0.4, 0.5) is 0 Å². The summed E-state index contributed by atoms with van der Waals surface area (Å²) in [4.78, 5) is 14.2. The van der Waals surface area contributed by atoms with Crippen molar-refractivity contribution in [2.45, 2.75) is 26.9 Å². The van der Waals surface area contributed by atoms with Crippen LogP contribution in [0.25, 0.3) is 0 Å². The summed E-state index contributed by atoms with van der Waals surface area (Å²) in [5, 5.41) is 0. The number of carbonyl (C=O) groups excluding carboxylic acids is 1. The first-order valence-corrected chi connectivity index (χ1v) is 6.77. The average molecular weight is 272 g/mol. The summed E-state index contributed by atoms with van der Waals surface area (Å²) < 4.78 is 5.23. The topological polar surface area (TPSA) is 59.5 Å². The lowest BCUT2D eigenvalue weighted by atomic mass is 10.1. The van der Waals surface area contributed by atoms with Crippen molar-refractivity contribution in [1.82, 2.24) is 4.90 Å². The molecule has 0 bridgehead atoms. The molecule has 0 saturated heterocycles. The minimum Gasteiger partial charge on any atom is -0.467 e. The van der Waals surface area contributed by atoms with Crippen molar-refractivity contribution in [2.75, 3.05) is 6.54 Å². The van der Waals surface area contributed by atoms with E-state index in [-0.39, 0.29) is 5.91 Å². The number of furan rings is 1. The van der Waals surface area contributed by atoms with Crippen LogP contribution >= 0.6 is 0 Å². The molecule has 4 heteroatoms. The third-order valence-electron chi connectivity index (χ3n) is 3.39. The van der Waals surface area contributed by atoms with E-state index in [9.17, 15) is 4.79 Å². The lowest BCUT2D eigenvalue weighted by Crippen LogP contribution is -2.30. The zero-order valence-corrected chi connectivity index (χ0v) is 11.9. The minimum absolute atomic E-state index is 0.0285. The summed E-state index contributed by atoms with van der Waals surface area (Å²) >= 11 is 0. The number of benzene rings is 1. The highest BCUT2D eigenvalue weighted by Gasteiger charge is 2.17. The lowest BCUT2D eigenvalue weighted by molar-refractivity contribution is 0.0751. The Morgan fingerprint density at radius 1 is 1.35 bits per heavy atom. The standard InChI is InChI=1S/C16H20N2O2/c1-3-18(10-13-7-5-4-6-12(13)2)16(19)14-8-15(9-17)20-11-14/h4-8,11H,3,9-10,17H2,1-2H3. The van der Waals surface area contributed by atoms with Gasteiger partial charge in [-0.3, -0.25) is 4.79 Å². The number of amides is 1. The molecule has 1 aromatic carbocycles. The molecule has 1 heterocycles. The van der Waals surface area contributed by atoms with Gasteiger partial charge in [0.15, 0.2) is 0 Å². The second kappa shape index (κ2) is 6.39. The van der Waals surface area contributed by atoms with Crippen molar-refractivity contribution in [3.8, 4) is 0 Å². The molecule has 0 aliphatic carbocycles. The smallest absolute Gasteiger partial charge is 0.257 e. The number of hydrogen-bond acceptors (Lipinski definition) is 3. The average Bonchev–Trinajstić information content (AvgIpc) is 2.94. The maximum atomic E-state index is 12.4. The van der Waals surface area contributed by atoms with Crippen molar-refractivity contribution in [1.29, 1.82) is 0 Å². The molecular weight excluding hydrogens is 252 g/mol. The molecule has 0 aliphatic rings. The van der Waals surface area contributed by atoms with Crippen molar-refractivity contribution < 1.29 is 9.21 Å². The van der Waals surface area contributed by atoms with E-state index in [1.165, 1.54) is 11.8 Å². The van der Waals surface area contributed by atoms with Gasteiger partial charge in [-0.05, 0) is 31.0 Å². The van der Waals surface area contributed by atoms with E-state index in [1.54, 1.807) is 11.0 Å². The molecule has 1 aromatic heterocycles. The summed E-state index contributed by atoms with van der Waals surface area (Å²) in [6, 6.07) is 9.80. The van der Waals surface area contributed by atoms with Gasteiger partial charge in [0.25, 0.3) is 5.91 Å². The first-order valence-electron chi connectivity index (χ1n) is 6.77. The maximum absolute atomic E-state index is 12.4. The summed E-state index contributed by atoms with van der Waals surface area (Å²) in [5.41, 5.74) is 8.40. The highest BCUT2D eigenvalue weighted by atomic mass is 16.3.